The molecule has 2 aromatic carbocycles. The van der Waals surface area contributed by atoms with Crippen molar-refractivity contribution in [2.24, 2.45) is 5.73 Å². The zero-order chi connectivity index (χ0) is 21.0. The van der Waals surface area contributed by atoms with E-state index in [1.807, 2.05) is 31.2 Å². The molecule has 8 heteroatoms. The highest BCUT2D eigenvalue weighted by Crippen LogP contribution is 2.19. The van der Waals surface area contributed by atoms with E-state index < -0.39 is 23.9 Å². The molecule has 4 N–H and O–H groups in total. The molecule has 0 radical (unpaired) electrons. The number of aromatic nitrogens is 2. The third kappa shape index (κ3) is 4.86. The Bertz CT molecular complexity index is 1040. The van der Waals surface area contributed by atoms with Gasteiger partial charge in [0.15, 0.2) is 6.10 Å². The fourth-order valence-electron chi connectivity index (χ4n) is 2.54. The van der Waals surface area contributed by atoms with Gasteiger partial charge in [-0.25, -0.2) is 4.79 Å². The van der Waals surface area contributed by atoms with Gasteiger partial charge in [-0.05, 0) is 44.2 Å². The van der Waals surface area contributed by atoms with E-state index in [1.165, 1.54) is 31.2 Å². The first-order valence-electron chi connectivity index (χ1n) is 8.87. The highest BCUT2D eigenvalue weighted by Gasteiger charge is 2.21. The van der Waals surface area contributed by atoms with Crippen molar-refractivity contribution in [3.8, 4) is 11.3 Å². The van der Waals surface area contributed by atoms with Gasteiger partial charge < -0.3 is 15.8 Å². The van der Waals surface area contributed by atoms with Gasteiger partial charge in [0, 0.05) is 16.8 Å². The second-order valence-electron chi connectivity index (χ2n) is 6.51. The number of hydrogen-bond donors (Lipinski definition) is 3. The number of rotatable bonds is 6. The minimum atomic E-state index is -1.04. The van der Waals surface area contributed by atoms with Crippen LogP contribution in [0, 0.1) is 6.92 Å². The lowest BCUT2D eigenvalue weighted by Gasteiger charge is -2.13. The molecule has 29 heavy (non-hydrogen) atoms. The molecular weight excluding hydrogens is 372 g/mol. The minimum Gasteiger partial charge on any atom is -0.448 e. The summed E-state index contributed by atoms with van der Waals surface area (Å²) < 4.78 is 5.20. The second kappa shape index (κ2) is 8.39. The second-order valence-corrected chi connectivity index (χ2v) is 6.51. The zero-order valence-electron chi connectivity index (χ0n) is 15.9. The molecule has 0 aliphatic rings. The molecule has 1 heterocycles. The van der Waals surface area contributed by atoms with Crippen molar-refractivity contribution in [3.63, 3.8) is 0 Å². The maximum Gasteiger partial charge on any atom is 0.357 e. The fraction of sp³-hybridized carbons (Fsp3) is 0.143. The Morgan fingerprint density at radius 1 is 1.07 bits per heavy atom. The van der Waals surface area contributed by atoms with Crippen LogP contribution in [0.1, 0.15) is 33.3 Å². The number of H-pyrrole nitrogens is 1. The quantitative estimate of drug-likeness (QED) is 0.556. The Labute approximate surface area is 167 Å². The summed E-state index contributed by atoms with van der Waals surface area (Å²) in [6, 6.07) is 15.3. The largest absolute Gasteiger partial charge is 0.448 e. The number of benzene rings is 2. The van der Waals surface area contributed by atoms with Crippen LogP contribution in [0.25, 0.3) is 11.3 Å². The van der Waals surface area contributed by atoms with E-state index >= 15 is 0 Å². The van der Waals surface area contributed by atoms with Crippen LogP contribution in [0.15, 0.2) is 54.6 Å². The van der Waals surface area contributed by atoms with Crippen LogP contribution in [0.3, 0.4) is 0 Å². The Balaban J connectivity index is 1.60. The molecule has 1 atom stereocenters. The monoisotopic (exact) mass is 392 g/mol. The van der Waals surface area contributed by atoms with Crippen molar-refractivity contribution in [2.45, 2.75) is 20.0 Å². The number of hydrogen-bond acceptors (Lipinski definition) is 5. The average molecular weight is 392 g/mol. The molecule has 8 nitrogen and oxygen atoms in total. The lowest BCUT2D eigenvalue weighted by Crippen LogP contribution is -2.30. The molecule has 0 aliphatic heterocycles. The van der Waals surface area contributed by atoms with Crippen molar-refractivity contribution in [1.82, 2.24) is 10.2 Å². The lowest BCUT2D eigenvalue weighted by atomic mass is 10.1. The Morgan fingerprint density at radius 3 is 2.34 bits per heavy atom. The van der Waals surface area contributed by atoms with E-state index in [0.717, 1.165) is 11.1 Å². The van der Waals surface area contributed by atoms with Crippen molar-refractivity contribution in [1.29, 1.82) is 0 Å². The number of primary amides is 1. The highest BCUT2D eigenvalue weighted by molar-refractivity contribution is 5.98. The van der Waals surface area contributed by atoms with E-state index in [-0.39, 0.29) is 5.69 Å². The first-order chi connectivity index (χ1) is 13.8. The highest BCUT2D eigenvalue weighted by atomic mass is 16.5. The third-order valence-corrected chi connectivity index (χ3v) is 4.24. The Hall–Kier alpha value is -3.94. The predicted molar refractivity (Wildman–Crippen MR) is 107 cm³/mol. The molecule has 148 valence electrons. The summed E-state index contributed by atoms with van der Waals surface area (Å²) in [5.74, 6) is -1.76. The van der Waals surface area contributed by atoms with Gasteiger partial charge in [-0.1, -0.05) is 29.8 Å². The number of esters is 1. The molecule has 0 aliphatic carbocycles. The van der Waals surface area contributed by atoms with Crippen LogP contribution in [0.2, 0.25) is 0 Å². The molecule has 0 spiro atoms. The summed E-state index contributed by atoms with van der Waals surface area (Å²) in [6.07, 6.45) is -1.04. The summed E-state index contributed by atoms with van der Waals surface area (Å²) >= 11 is 0. The Kier molecular flexibility index (Phi) is 5.73. The van der Waals surface area contributed by atoms with Crippen molar-refractivity contribution in [3.05, 3.63) is 71.4 Å². The first-order valence-corrected chi connectivity index (χ1v) is 8.87. The van der Waals surface area contributed by atoms with Crippen LogP contribution in [-0.2, 0) is 9.53 Å². The molecule has 0 saturated heterocycles. The third-order valence-electron chi connectivity index (χ3n) is 4.24. The van der Waals surface area contributed by atoms with Crippen molar-refractivity contribution in [2.75, 3.05) is 5.32 Å². The number of amides is 2. The number of nitrogens with one attached hydrogen (secondary N) is 2. The maximum absolute atomic E-state index is 12.3. The number of nitrogens with zero attached hydrogens (tertiary/aromatic N) is 1. The van der Waals surface area contributed by atoms with Gasteiger partial charge in [0.05, 0.1) is 5.69 Å². The van der Waals surface area contributed by atoms with E-state index in [0.29, 0.717) is 16.9 Å². The summed E-state index contributed by atoms with van der Waals surface area (Å²) in [7, 11) is 0. The molecule has 3 aromatic rings. The van der Waals surface area contributed by atoms with Gasteiger partial charge in [-0.2, -0.15) is 5.10 Å². The smallest absolute Gasteiger partial charge is 0.357 e. The van der Waals surface area contributed by atoms with Gasteiger partial charge in [-0.15, -0.1) is 0 Å². The van der Waals surface area contributed by atoms with Crippen LogP contribution in [0.4, 0.5) is 5.69 Å². The van der Waals surface area contributed by atoms with Gasteiger partial charge in [0.25, 0.3) is 5.91 Å². The van der Waals surface area contributed by atoms with E-state index in [1.54, 1.807) is 6.07 Å². The molecule has 0 bridgehead atoms. The summed E-state index contributed by atoms with van der Waals surface area (Å²) in [5, 5.41) is 9.35. The molecule has 3 rings (SSSR count). The standard InChI is InChI=1S/C21H20N4O4/c1-12-3-5-14(6-4-12)17-11-18(25-24-17)21(28)29-13(2)20(27)23-16-9-7-15(8-10-16)19(22)26/h3-11,13H,1-2H3,(H2,22,26)(H,23,27)(H,24,25)/t13-/m1/s1. The Morgan fingerprint density at radius 2 is 1.72 bits per heavy atom. The lowest BCUT2D eigenvalue weighted by molar-refractivity contribution is -0.123. The number of aromatic amines is 1. The van der Waals surface area contributed by atoms with Crippen LogP contribution >= 0.6 is 0 Å². The predicted octanol–water partition coefficient (Wildman–Crippen LogP) is 2.67. The van der Waals surface area contributed by atoms with Gasteiger partial charge in [0.1, 0.15) is 5.69 Å². The summed E-state index contributed by atoms with van der Waals surface area (Å²) in [4.78, 5) is 35.6. The number of carbonyl (C=O) groups is 3. The van der Waals surface area contributed by atoms with Crippen molar-refractivity contribution < 1.29 is 19.1 Å². The molecule has 2 amide bonds. The summed E-state index contributed by atoms with van der Waals surface area (Å²) in [6.45, 7) is 3.44. The van der Waals surface area contributed by atoms with Gasteiger partial charge in [0.2, 0.25) is 5.91 Å². The van der Waals surface area contributed by atoms with Gasteiger partial charge in [-0.3, -0.25) is 14.7 Å². The maximum atomic E-state index is 12.3. The number of aryl methyl sites for hydroxylation is 1. The SMILES string of the molecule is Cc1ccc(-c2cc(C(=O)O[C@H](C)C(=O)Nc3ccc(C(N)=O)cc3)[nH]n2)cc1. The molecule has 0 fully saturated rings. The minimum absolute atomic E-state index is 0.144. The molecular formula is C21H20N4O4. The summed E-state index contributed by atoms with van der Waals surface area (Å²) in [5.41, 5.74) is 8.67. The molecule has 0 unspecified atom stereocenters. The fourth-order valence-corrected chi connectivity index (χ4v) is 2.54. The molecule has 0 saturated carbocycles. The van der Waals surface area contributed by atoms with E-state index in [2.05, 4.69) is 15.5 Å². The van der Waals surface area contributed by atoms with Gasteiger partial charge >= 0.3 is 5.97 Å². The molecule has 1 aromatic heterocycles. The number of carbonyl (C=O) groups excluding carboxylic acids is 3. The normalized spacial score (nSPS) is 11.5. The first kappa shape index (κ1) is 19.8. The van der Waals surface area contributed by atoms with Crippen LogP contribution < -0.4 is 11.1 Å². The van der Waals surface area contributed by atoms with Crippen LogP contribution in [-0.4, -0.2) is 34.1 Å². The number of anilines is 1. The van der Waals surface area contributed by atoms with E-state index in [9.17, 15) is 14.4 Å². The topological polar surface area (TPSA) is 127 Å². The zero-order valence-corrected chi connectivity index (χ0v) is 15.9. The van der Waals surface area contributed by atoms with Crippen LogP contribution in [0.5, 0.6) is 0 Å². The average Bonchev–Trinajstić information content (AvgIpc) is 3.19. The number of nitrogens with two attached hydrogens (primary N) is 1. The number of ether oxygens (including phenoxy) is 1. The van der Waals surface area contributed by atoms with E-state index in [4.69, 9.17) is 10.5 Å². The van der Waals surface area contributed by atoms with Crippen molar-refractivity contribution >= 4 is 23.5 Å².